The molecule has 1 aliphatic heterocycles. The normalized spacial score (nSPS) is 15.2. The number of ether oxygens (including phenoxy) is 1. The Labute approximate surface area is 204 Å². The SMILES string of the molecule is O=C(/C=C/c1ccc(S(=O)(=O)N2CCCCCC2)cc1)OCCCc1nc(-c2cccnc2)no1. The number of hydrogen-bond acceptors (Lipinski definition) is 8. The second kappa shape index (κ2) is 11.9. The number of rotatable bonds is 9. The largest absolute Gasteiger partial charge is 0.463 e. The number of carbonyl (C=O) groups excluding carboxylic acids is 1. The lowest BCUT2D eigenvalue weighted by Gasteiger charge is -2.19. The van der Waals surface area contributed by atoms with Crippen molar-refractivity contribution in [3.8, 4) is 11.4 Å². The molecule has 0 spiro atoms. The summed E-state index contributed by atoms with van der Waals surface area (Å²) in [6, 6.07) is 10.2. The monoisotopic (exact) mass is 496 g/mol. The van der Waals surface area contributed by atoms with E-state index in [2.05, 4.69) is 15.1 Å². The van der Waals surface area contributed by atoms with E-state index in [-0.39, 0.29) is 11.5 Å². The van der Waals surface area contributed by atoms with Crippen molar-refractivity contribution in [3.63, 3.8) is 0 Å². The highest BCUT2D eigenvalue weighted by atomic mass is 32.2. The standard InChI is InChI=1S/C25H28N4O5S/c30-24(33-18-6-8-23-27-25(28-34-23)21-7-5-15-26-19-21)14-11-20-9-12-22(13-10-20)35(31,32)29-16-3-1-2-4-17-29/h5,7,9-15,19H,1-4,6,8,16-18H2/b14-11+. The average Bonchev–Trinajstić information content (AvgIpc) is 3.18. The predicted octanol–water partition coefficient (Wildman–Crippen LogP) is 3.89. The van der Waals surface area contributed by atoms with Crippen LogP contribution >= 0.6 is 0 Å². The van der Waals surface area contributed by atoms with Crippen LogP contribution in [0.4, 0.5) is 0 Å². The zero-order chi connectivity index (χ0) is 24.5. The Morgan fingerprint density at radius 1 is 1.09 bits per heavy atom. The Hall–Kier alpha value is -3.37. The number of aromatic nitrogens is 3. The van der Waals surface area contributed by atoms with Gasteiger partial charge in [0.1, 0.15) is 0 Å². The summed E-state index contributed by atoms with van der Waals surface area (Å²) in [5.41, 5.74) is 1.48. The Morgan fingerprint density at radius 3 is 2.57 bits per heavy atom. The molecule has 0 N–H and O–H groups in total. The molecule has 4 rings (SSSR count). The third-order valence-electron chi connectivity index (χ3n) is 5.66. The van der Waals surface area contributed by atoms with Crippen molar-refractivity contribution in [2.45, 2.75) is 43.4 Å². The molecule has 1 saturated heterocycles. The fraction of sp³-hybridized carbons (Fsp3) is 0.360. The molecule has 184 valence electrons. The first-order valence-corrected chi connectivity index (χ1v) is 13.1. The molecule has 0 unspecified atom stereocenters. The highest BCUT2D eigenvalue weighted by Crippen LogP contribution is 2.21. The van der Waals surface area contributed by atoms with Gasteiger partial charge in [0.25, 0.3) is 0 Å². The quantitative estimate of drug-likeness (QED) is 0.249. The minimum absolute atomic E-state index is 0.209. The number of esters is 1. The zero-order valence-corrected chi connectivity index (χ0v) is 20.2. The van der Waals surface area contributed by atoms with Crippen LogP contribution in [0.2, 0.25) is 0 Å². The van der Waals surface area contributed by atoms with Gasteiger partial charge in [0.2, 0.25) is 21.7 Å². The number of aryl methyl sites for hydroxylation is 1. The highest BCUT2D eigenvalue weighted by Gasteiger charge is 2.24. The fourth-order valence-electron chi connectivity index (χ4n) is 3.76. The summed E-state index contributed by atoms with van der Waals surface area (Å²) in [6.07, 6.45) is 11.2. The molecular formula is C25H28N4O5S. The lowest BCUT2D eigenvalue weighted by Crippen LogP contribution is -2.31. The van der Waals surface area contributed by atoms with Crippen LogP contribution in [0.25, 0.3) is 17.5 Å². The van der Waals surface area contributed by atoms with Crippen LogP contribution in [0.1, 0.15) is 43.6 Å². The average molecular weight is 497 g/mol. The Bertz CT molecular complexity index is 1230. The van der Waals surface area contributed by atoms with Crippen molar-refractivity contribution in [1.82, 2.24) is 19.4 Å². The minimum Gasteiger partial charge on any atom is -0.463 e. The first kappa shape index (κ1) is 24.7. The molecule has 10 heteroatoms. The van der Waals surface area contributed by atoms with Crippen molar-refractivity contribution in [1.29, 1.82) is 0 Å². The molecule has 0 amide bonds. The van der Waals surface area contributed by atoms with Crippen LogP contribution in [-0.2, 0) is 26.0 Å². The molecule has 1 aromatic carbocycles. The molecule has 3 heterocycles. The zero-order valence-electron chi connectivity index (χ0n) is 19.4. The summed E-state index contributed by atoms with van der Waals surface area (Å²) in [6.45, 7) is 1.34. The van der Waals surface area contributed by atoms with E-state index in [0.29, 0.717) is 43.2 Å². The summed E-state index contributed by atoms with van der Waals surface area (Å²) < 4.78 is 37.7. The van der Waals surface area contributed by atoms with Gasteiger partial charge in [-0.25, -0.2) is 13.2 Å². The van der Waals surface area contributed by atoms with Gasteiger partial charge in [0, 0.05) is 43.5 Å². The maximum Gasteiger partial charge on any atom is 0.330 e. The molecule has 3 aromatic rings. The summed E-state index contributed by atoms with van der Waals surface area (Å²) in [5, 5.41) is 3.93. The molecule has 0 radical (unpaired) electrons. The molecule has 0 aliphatic carbocycles. The van der Waals surface area contributed by atoms with E-state index >= 15 is 0 Å². The first-order valence-electron chi connectivity index (χ1n) is 11.7. The van der Waals surface area contributed by atoms with Crippen LogP contribution in [-0.4, -0.2) is 53.5 Å². The Kier molecular flexibility index (Phi) is 8.38. The maximum absolute atomic E-state index is 12.9. The minimum atomic E-state index is -3.49. The smallest absolute Gasteiger partial charge is 0.330 e. The lowest BCUT2D eigenvalue weighted by atomic mass is 10.2. The van der Waals surface area contributed by atoms with Crippen LogP contribution in [0.15, 0.2) is 64.3 Å². The second-order valence-electron chi connectivity index (χ2n) is 8.25. The number of hydrogen-bond donors (Lipinski definition) is 0. The fourth-order valence-corrected chi connectivity index (χ4v) is 5.28. The highest BCUT2D eigenvalue weighted by molar-refractivity contribution is 7.89. The molecule has 0 saturated carbocycles. The number of carbonyl (C=O) groups is 1. The molecule has 1 fully saturated rings. The number of nitrogens with zero attached hydrogens (tertiary/aromatic N) is 4. The number of pyridine rings is 1. The van der Waals surface area contributed by atoms with E-state index in [1.165, 1.54) is 6.08 Å². The van der Waals surface area contributed by atoms with E-state index in [9.17, 15) is 13.2 Å². The van der Waals surface area contributed by atoms with E-state index in [0.717, 1.165) is 31.2 Å². The predicted molar refractivity (Wildman–Crippen MR) is 130 cm³/mol. The van der Waals surface area contributed by atoms with Gasteiger partial charge < -0.3 is 9.26 Å². The molecule has 0 bridgehead atoms. The van der Waals surface area contributed by atoms with E-state index in [1.807, 2.05) is 6.07 Å². The van der Waals surface area contributed by atoms with Crippen LogP contribution in [0, 0.1) is 0 Å². The van der Waals surface area contributed by atoms with Gasteiger partial charge in [-0.2, -0.15) is 9.29 Å². The van der Waals surface area contributed by atoms with Gasteiger partial charge in [-0.15, -0.1) is 0 Å². The van der Waals surface area contributed by atoms with Crippen molar-refractivity contribution in [3.05, 3.63) is 66.3 Å². The molecule has 1 aliphatic rings. The van der Waals surface area contributed by atoms with Crippen molar-refractivity contribution >= 4 is 22.1 Å². The van der Waals surface area contributed by atoms with Gasteiger partial charge >= 0.3 is 5.97 Å². The first-order chi connectivity index (χ1) is 17.0. The van der Waals surface area contributed by atoms with E-state index < -0.39 is 16.0 Å². The summed E-state index contributed by atoms with van der Waals surface area (Å²) in [7, 11) is -3.49. The third kappa shape index (κ3) is 6.83. The van der Waals surface area contributed by atoms with Crippen LogP contribution < -0.4 is 0 Å². The van der Waals surface area contributed by atoms with Gasteiger partial charge in [0.05, 0.1) is 11.5 Å². The second-order valence-corrected chi connectivity index (χ2v) is 10.2. The Balaban J connectivity index is 1.22. The summed E-state index contributed by atoms with van der Waals surface area (Å²) in [5.74, 6) is 0.455. The van der Waals surface area contributed by atoms with Crippen molar-refractivity contribution in [2.75, 3.05) is 19.7 Å². The summed E-state index contributed by atoms with van der Waals surface area (Å²) >= 11 is 0. The van der Waals surface area contributed by atoms with E-state index in [4.69, 9.17) is 9.26 Å². The number of benzene rings is 1. The van der Waals surface area contributed by atoms with Gasteiger partial charge in [-0.1, -0.05) is 30.1 Å². The van der Waals surface area contributed by atoms with Gasteiger partial charge in [0.15, 0.2) is 0 Å². The van der Waals surface area contributed by atoms with E-state index in [1.54, 1.807) is 53.1 Å². The van der Waals surface area contributed by atoms with Crippen molar-refractivity contribution in [2.24, 2.45) is 0 Å². The van der Waals surface area contributed by atoms with Gasteiger partial charge in [-0.05, 0) is 55.2 Å². The van der Waals surface area contributed by atoms with Crippen molar-refractivity contribution < 1.29 is 22.5 Å². The molecule has 9 nitrogen and oxygen atoms in total. The Morgan fingerprint density at radius 2 is 1.86 bits per heavy atom. The summed E-state index contributed by atoms with van der Waals surface area (Å²) in [4.78, 5) is 20.6. The van der Waals surface area contributed by atoms with Crippen LogP contribution in [0.5, 0.6) is 0 Å². The number of sulfonamides is 1. The maximum atomic E-state index is 12.9. The molecule has 35 heavy (non-hydrogen) atoms. The molecular weight excluding hydrogens is 468 g/mol. The van der Waals surface area contributed by atoms with Gasteiger partial charge in [-0.3, -0.25) is 4.98 Å². The molecule has 2 aromatic heterocycles. The third-order valence-corrected chi connectivity index (χ3v) is 7.57. The van der Waals surface area contributed by atoms with Crippen LogP contribution in [0.3, 0.4) is 0 Å². The lowest BCUT2D eigenvalue weighted by molar-refractivity contribution is -0.137. The molecule has 0 atom stereocenters. The topological polar surface area (TPSA) is 115 Å².